The zero-order valence-corrected chi connectivity index (χ0v) is 17.2. The number of hydrogen-bond donors (Lipinski definition) is 1. The first-order chi connectivity index (χ1) is 16.2. The topological polar surface area (TPSA) is 64.4 Å². The Bertz CT molecular complexity index is 1300. The molecule has 1 amide bonds. The van der Waals surface area contributed by atoms with E-state index in [-0.39, 0.29) is 23.9 Å². The van der Waals surface area contributed by atoms with Crippen LogP contribution in [0.15, 0.2) is 77.3 Å². The first-order valence-electron chi connectivity index (χ1n) is 9.81. The molecule has 34 heavy (non-hydrogen) atoms. The molecule has 0 aliphatic heterocycles. The minimum absolute atomic E-state index is 0.208. The van der Waals surface area contributed by atoms with Gasteiger partial charge >= 0.3 is 6.18 Å². The van der Waals surface area contributed by atoms with Crippen molar-refractivity contribution in [3.8, 4) is 17.1 Å². The number of aromatic nitrogens is 1. The van der Waals surface area contributed by atoms with Crippen molar-refractivity contribution in [1.82, 2.24) is 5.16 Å². The van der Waals surface area contributed by atoms with E-state index in [1.54, 1.807) is 36.4 Å². The SMILES string of the molecule is O=C(Nc1cc(C(F)(F)F)ccc1F)c1cc(-c2ccc(OCc3ccc(F)cc3)cc2)on1. The van der Waals surface area contributed by atoms with Crippen LogP contribution in [0.1, 0.15) is 21.6 Å². The molecule has 0 fully saturated rings. The van der Waals surface area contributed by atoms with Gasteiger partial charge in [-0.25, -0.2) is 8.78 Å². The largest absolute Gasteiger partial charge is 0.489 e. The number of rotatable bonds is 6. The maximum absolute atomic E-state index is 13.9. The van der Waals surface area contributed by atoms with E-state index in [0.717, 1.165) is 5.56 Å². The van der Waals surface area contributed by atoms with E-state index in [1.807, 2.05) is 0 Å². The highest BCUT2D eigenvalue weighted by Crippen LogP contribution is 2.32. The van der Waals surface area contributed by atoms with Gasteiger partial charge in [0.25, 0.3) is 5.91 Å². The zero-order valence-electron chi connectivity index (χ0n) is 17.2. The molecule has 0 saturated carbocycles. The van der Waals surface area contributed by atoms with Gasteiger partial charge in [0.2, 0.25) is 0 Å². The van der Waals surface area contributed by atoms with Crippen LogP contribution in [0.2, 0.25) is 0 Å². The molecule has 0 aliphatic carbocycles. The second-order valence-corrected chi connectivity index (χ2v) is 7.16. The Labute approximate surface area is 189 Å². The lowest BCUT2D eigenvalue weighted by Crippen LogP contribution is -2.14. The summed E-state index contributed by atoms with van der Waals surface area (Å²) >= 11 is 0. The van der Waals surface area contributed by atoms with E-state index >= 15 is 0 Å². The number of carbonyl (C=O) groups excluding carboxylic acids is 1. The van der Waals surface area contributed by atoms with Crippen molar-refractivity contribution in [3.05, 3.63) is 101 Å². The van der Waals surface area contributed by atoms with Crippen molar-refractivity contribution in [2.45, 2.75) is 12.8 Å². The molecule has 3 aromatic carbocycles. The first-order valence-corrected chi connectivity index (χ1v) is 9.81. The average Bonchev–Trinajstić information content (AvgIpc) is 3.30. The molecule has 0 bridgehead atoms. The van der Waals surface area contributed by atoms with Gasteiger partial charge in [-0.15, -0.1) is 0 Å². The van der Waals surface area contributed by atoms with Crippen LogP contribution in [-0.4, -0.2) is 11.1 Å². The van der Waals surface area contributed by atoms with Crippen LogP contribution in [0.3, 0.4) is 0 Å². The molecular weight excluding hydrogens is 459 g/mol. The number of carbonyl (C=O) groups is 1. The molecule has 10 heteroatoms. The Morgan fingerprint density at radius 1 is 0.941 bits per heavy atom. The molecule has 0 radical (unpaired) electrons. The minimum atomic E-state index is -4.69. The van der Waals surface area contributed by atoms with Crippen LogP contribution in [0.5, 0.6) is 5.75 Å². The summed E-state index contributed by atoms with van der Waals surface area (Å²) in [6, 6.07) is 15.4. The molecule has 4 aromatic rings. The van der Waals surface area contributed by atoms with E-state index in [1.165, 1.54) is 18.2 Å². The number of benzene rings is 3. The Kier molecular flexibility index (Phi) is 6.31. The minimum Gasteiger partial charge on any atom is -0.489 e. The maximum Gasteiger partial charge on any atom is 0.416 e. The van der Waals surface area contributed by atoms with Gasteiger partial charge in [0.1, 0.15) is 24.0 Å². The predicted octanol–water partition coefficient (Wildman–Crippen LogP) is 6.47. The van der Waals surface area contributed by atoms with Gasteiger partial charge in [-0.2, -0.15) is 13.2 Å². The molecule has 0 unspecified atom stereocenters. The summed E-state index contributed by atoms with van der Waals surface area (Å²) in [5.41, 5.74) is -0.651. The molecule has 1 heterocycles. The van der Waals surface area contributed by atoms with Gasteiger partial charge in [-0.05, 0) is 60.2 Å². The summed E-state index contributed by atoms with van der Waals surface area (Å²) < 4.78 is 76.1. The van der Waals surface area contributed by atoms with Crippen molar-refractivity contribution < 1.29 is 36.0 Å². The van der Waals surface area contributed by atoms with Crippen molar-refractivity contribution in [2.24, 2.45) is 0 Å². The fourth-order valence-electron chi connectivity index (χ4n) is 2.96. The maximum atomic E-state index is 13.9. The number of hydrogen-bond acceptors (Lipinski definition) is 4. The number of nitrogens with one attached hydrogen (secondary N) is 1. The molecule has 174 valence electrons. The van der Waals surface area contributed by atoms with Gasteiger partial charge in [0.05, 0.1) is 11.3 Å². The fraction of sp³-hybridized carbons (Fsp3) is 0.0833. The molecule has 0 atom stereocenters. The van der Waals surface area contributed by atoms with Gasteiger partial charge in [-0.3, -0.25) is 4.79 Å². The number of alkyl halides is 3. The van der Waals surface area contributed by atoms with E-state index in [2.05, 4.69) is 10.5 Å². The van der Waals surface area contributed by atoms with Crippen LogP contribution < -0.4 is 10.1 Å². The quantitative estimate of drug-likeness (QED) is 0.326. The smallest absolute Gasteiger partial charge is 0.416 e. The van der Waals surface area contributed by atoms with E-state index in [9.17, 15) is 26.7 Å². The lowest BCUT2D eigenvalue weighted by Gasteiger charge is -2.10. The third-order valence-electron chi connectivity index (χ3n) is 4.74. The van der Waals surface area contributed by atoms with E-state index < -0.39 is 29.2 Å². The summed E-state index contributed by atoms with van der Waals surface area (Å²) in [4.78, 5) is 12.3. The Morgan fingerprint density at radius 2 is 1.65 bits per heavy atom. The van der Waals surface area contributed by atoms with Gasteiger partial charge < -0.3 is 14.6 Å². The van der Waals surface area contributed by atoms with Gasteiger partial charge in [-0.1, -0.05) is 17.3 Å². The molecule has 0 spiro atoms. The second-order valence-electron chi connectivity index (χ2n) is 7.16. The molecule has 0 aliphatic rings. The first kappa shape index (κ1) is 23.0. The number of ether oxygens (including phenoxy) is 1. The van der Waals surface area contributed by atoms with Crippen LogP contribution in [0.25, 0.3) is 11.3 Å². The molecule has 1 N–H and O–H groups in total. The van der Waals surface area contributed by atoms with Crippen molar-refractivity contribution in [3.63, 3.8) is 0 Å². The normalized spacial score (nSPS) is 11.3. The molecule has 1 aromatic heterocycles. The fourth-order valence-corrected chi connectivity index (χ4v) is 2.96. The lowest BCUT2D eigenvalue weighted by molar-refractivity contribution is -0.137. The highest BCUT2D eigenvalue weighted by molar-refractivity contribution is 6.03. The monoisotopic (exact) mass is 474 g/mol. The summed E-state index contributed by atoms with van der Waals surface area (Å²) in [6.07, 6.45) is -4.69. The van der Waals surface area contributed by atoms with Crippen LogP contribution in [0, 0.1) is 11.6 Å². The van der Waals surface area contributed by atoms with Crippen molar-refractivity contribution in [1.29, 1.82) is 0 Å². The van der Waals surface area contributed by atoms with E-state index in [4.69, 9.17) is 9.26 Å². The number of amides is 1. The summed E-state index contributed by atoms with van der Waals surface area (Å²) in [5, 5.41) is 5.67. The summed E-state index contributed by atoms with van der Waals surface area (Å²) in [6.45, 7) is 0.234. The summed E-state index contributed by atoms with van der Waals surface area (Å²) in [5.74, 6) is -1.56. The second kappa shape index (κ2) is 9.34. The number of halogens is 5. The number of nitrogens with zero attached hydrogens (tertiary/aromatic N) is 1. The average molecular weight is 474 g/mol. The highest BCUT2D eigenvalue weighted by Gasteiger charge is 2.31. The number of anilines is 1. The Balaban J connectivity index is 1.42. The summed E-state index contributed by atoms with van der Waals surface area (Å²) in [7, 11) is 0. The third kappa shape index (κ3) is 5.40. The zero-order chi connectivity index (χ0) is 24.3. The van der Waals surface area contributed by atoms with Gasteiger partial charge in [0, 0.05) is 11.6 Å². The molecular formula is C24H15F5N2O3. The molecule has 4 rings (SSSR count). The van der Waals surface area contributed by atoms with Crippen LogP contribution in [0.4, 0.5) is 27.6 Å². The van der Waals surface area contributed by atoms with E-state index in [0.29, 0.717) is 29.5 Å². The predicted molar refractivity (Wildman–Crippen MR) is 112 cm³/mol. The molecule has 5 nitrogen and oxygen atoms in total. The Morgan fingerprint density at radius 3 is 2.32 bits per heavy atom. The lowest BCUT2D eigenvalue weighted by atomic mass is 10.1. The highest BCUT2D eigenvalue weighted by atomic mass is 19.4. The van der Waals surface area contributed by atoms with Crippen LogP contribution >= 0.6 is 0 Å². The van der Waals surface area contributed by atoms with Crippen LogP contribution in [-0.2, 0) is 12.8 Å². The Hall–Kier alpha value is -4.21. The molecule has 0 saturated heterocycles. The third-order valence-corrected chi connectivity index (χ3v) is 4.74. The standard InChI is InChI=1S/C24H15F5N2O3/c25-17-6-1-14(2-7-17)13-33-18-8-3-15(4-9-18)22-12-21(31-34-22)23(32)30-20-11-16(24(27,28)29)5-10-19(20)26/h1-12H,13H2,(H,30,32). The van der Waals surface area contributed by atoms with Crippen molar-refractivity contribution in [2.75, 3.05) is 5.32 Å². The van der Waals surface area contributed by atoms with Gasteiger partial charge in [0.15, 0.2) is 11.5 Å². The van der Waals surface area contributed by atoms with Crippen molar-refractivity contribution >= 4 is 11.6 Å².